The Morgan fingerprint density at radius 1 is 0.879 bits per heavy atom. The molecule has 3 aliphatic rings. The zero-order valence-electron chi connectivity index (χ0n) is 18.3. The van der Waals surface area contributed by atoms with Gasteiger partial charge in [0.1, 0.15) is 5.75 Å². The fourth-order valence-electron chi connectivity index (χ4n) is 6.15. The van der Waals surface area contributed by atoms with Crippen LogP contribution in [-0.4, -0.2) is 22.1 Å². The van der Waals surface area contributed by atoms with Gasteiger partial charge in [-0.05, 0) is 65.8 Å². The van der Waals surface area contributed by atoms with Crippen LogP contribution in [0.5, 0.6) is 17.2 Å². The maximum absolute atomic E-state index is 10.5. The van der Waals surface area contributed by atoms with E-state index in [1.807, 2.05) is 29.5 Å². The highest BCUT2D eigenvalue weighted by molar-refractivity contribution is 7.17. The molecule has 2 atom stereocenters. The van der Waals surface area contributed by atoms with Gasteiger partial charge in [-0.1, -0.05) is 54.1 Å². The Hall–Kier alpha value is -3.08. The molecule has 0 spiro atoms. The van der Waals surface area contributed by atoms with Crippen molar-refractivity contribution < 1.29 is 9.84 Å². The maximum atomic E-state index is 10.5. The summed E-state index contributed by atoms with van der Waals surface area (Å²) in [5, 5.41) is 14.3. The molecule has 2 unspecified atom stereocenters. The van der Waals surface area contributed by atoms with Crippen LogP contribution >= 0.6 is 11.3 Å². The lowest BCUT2D eigenvalue weighted by Gasteiger charge is -2.38. The molecule has 3 aromatic carbocycles. The number of piperidine rings is 1. The van der Waals surface area contributed by atoms with E-state index in [2.05, 4.69) is 52.7 Å². The number of para-hydroxylation sites is 2. The third kappa shape index (κ3) is 3.05. The molecular formula is C29H25NO2S. The number of hydrogen-bond acceptors (Lipinski definition) is 4. The normalized spacial score (nSPS) is 21.7. The minimum Gasteiger partial charge on any atom is -0.504 e. The maximum Gasteiger partial charge on any atom is 0.176 e. The van der Waals surface area contributed by atoms with Crippen molar-refractivity contribution in [2.24, 2.45) is 0 Å². The van der Waals surface area contributed by atoms with Crippen LogP contribution in [-0.2, 0) is 6.54 Å². The quantitative estimate of drug-likeness (QED) is 0.305. The first-order valence-corrected chi connectivity index (χ1v) is 12.7. The number of aromatic hydroxyl groups is 1. The van der Waals surface area contributed by atoms with Crippen LogP contribution in [0.1, 0.15) is 42.4 Å². The van der Waals surface area contributed by atoms with Crippen molar-refractivity contribution in [3.63, 3.8) is 0 Å². The zero-order chi connectivity index (χ0) is 21.9. The molecule has 2 bridgehead atoms. The fraction of sp³-hybridized carbons (Fsp3) is 0.241. The Bertz CT molecular complexity index is 1400. The summed E-state index contributed by atoms with van der Waals surface area (Å²) in [6, 6.07) is 23.9. The van der Waals surface area contributed by atoms with E-state index in [1.54, 1.807) is 6.07 Å². The Balaban J connectivity index is 1.28. The van der Waals surface area contributed by atoms with Gasteiger partial charge in [-0.3, -0.25) is 4.90 Å². The van der Waals surface area contributed by atoms with Crippen molar-refractivity contribution in [2.75, 3.05) is 0 Å². The van der Waals surface area contributed by atoms with Crippen molar-refractivity contribution in [2.45, 2.75) is 44.3 Å². The van der Waals surface area contributed by atoms with E-state index >= 15 is 0 Å². The van der Waals surface area contributed by atoms with Crippen molar-refractivity contribution >= 4 is 27.0 Å². The van der Waals surface area contributed by atoms with E-state index in [0.29, 0.717) is 17.8 Å². The molecule has 1 N–H and O–H groups in total. The number of benzene rings is 3. The molecule has 3 nitrogen and oxygen atoms in total. The molecule has 2 fully saturated rings. The molecule has 33 heavy (non-hydrogen) atoms. The van der Waals surface area contributed by atoms with Gasteiger partial charge < -0.3 is 9.84 Å². The summed E-state index contributed by atoms with van der Waals surface area (Å²) in [4.78, 5) is 2.76. The van der Waals surface area contributed by atoms with Crippen LogP contribution in [0.15, 0.2) is 77.7 Å². The Labute approximate surface area is 197 Å². The summed E-state index contributed by atoms with van der Waals surface area (Å²) in [7, 11) is 0. The van der Waals surface area contributed by atoms with Crippen molar-refractivity contribution in [1.29, 1.82) is 0 Å². The van der Waals surface area contributed by atoms with Gasteiger partial charge in [0.2, 0.25) is 0 Å². The average molecular weight is 452 g/mol. The lowest BCUT2D eigenvalue weighted by Crippen LogP contribution is -2.40. The predicted molar refractivity (Wildman–Crippen MR) is 134 cm³/mol. The van der Waals surface area contributed by atoms with Crippen molar-refractivity contribution in [3.05, 3.63) is 94.4 Å². The molecule has 4 heteroatoms. The number of fused-ring (bicyclic) bond motifs is 5. The Kier molecular flexibility index (Phi) is 4.39. The first-order chi connectivity index (χ1) is 16.3. The summed E-state index contributed by atoms with van der Waals surface area (Å²) < 4.78 is 7.52. The minimum atomic E-state index is 0.213. The largest absolute Gasteiger partial charge is 0.504 e. The summed E-state index contributed by atoms with van der Waals surface area (Å²) in [6.45, 7) is 1.04. The topological polar surface area (TPSA) is 32.7 Å². The van der Waals surface area contributed by atoms with E-state index in [1.165, 1.54) is 39.6 Å². The molecule has 7 rings (SSSR count). The van der Waals surface area contributed by atoms with Crippen molar-refractivity contribution in [3.8, 4) is 17.2 Å². The molecule has 2 saturated heterocycles. The van der Waals surface area contributed by atoms with Gasteiger partial charge in [-0.25, -0.2) is 0 Å². The second kappa shape index (κ2) is 7.47. The molecule has 0 amide bonds. The Morgan fingerprint density at radius 3 is 2.52 bits per heavy atom. The first-order valence-electron chi connectivity index (χ1n) is 11.8. The van der Waals surface area contributed by atoms with Gasteiger partial charge in [-0.2, -0.15) is 0 Å². The molecule has 0 aliphatic carbocycles. The Morgan fingerprint density at radius 2 is 1.64 bits per heavy atom. The molecule has 1 aromatic heterocycles. The van der Waals surface area contributed by atoms with Gasteiger partial charge >= 0.3 is 0 Å². The lowest BCUT2D eigenvalue weighted by molar-refractivity contribution is 0.158. The van der Waals surface area contributed by atoms with E-state index in [-0.39, 0.29) is 5.75 Å². The minimum absolute atomic E-state index is 0.213. The second-order valence-electron chi connectivity index (χ2n) is 9.45. The van der Waals surface area contributed by atoms with Gasteiger partial charge in [0.25, 0.3) is 0 Å². The van der Waals surface area contributed by atoms with Crippen LogP contribution in [0, 0.1) is 0 Å². The van der Waals surface area contributed by atoms with Crippen LogP contribution < -0.4 is 4.74 Å². The van der Waals surface area contributed by atoms with Crippen LogP contribution in [0.2, 0.25) is 0 Å². The van der Waals surface area contributed by atoms with Gasteiger partial charge in [0.05, 0.1) is 0 Å². The average Bonchev–Trinajstić information content (AvgIpc) is 3.35. The smallest absolute Gasteiger partial charge is 0.176 e. The highest BCUT2D eigenvalue weighted by Crippen LogP contribution is 2.52. The van der Waals surface area contributed by atoms with Gasteiger partial charge in [0.15, 0.2) is 11.5 Å². The zero-order valence-corrected chi connectivity index (χ0v) is 19.1. The van der Waals surface area contributed by atoms with E-state index in [0.717, 1.165) is 36.3 Å². The third-order valence-corrected chi connectivity index (χ3v) is 8.65. The summed E-state index contributed by atoms with van der Waals surface area (Å²) in [5.74, 6) is 1.65. The third-order valence-electron chi connectivity index (χ3n) is 7.63. The van der Waals surface area contributed by atoms with Crippen LogP contribution in [0.3, 0.4) is 0 Å². The highest BCUT2D eigenvalue weighted by Gasteiger charge is 2.40. The molecular weight excluding hydrogens is 426 g/mol. The summed E-state index contributed by atoms with van der Waals surface area (Å²) in [6.07, 6.45) is 4.68. The van der Waals surface area contributed by atoms with Gasteiger partial charge in [0, 0.05) is 34.5 Å². The SMILES string of the molecule is Oc1cccc2c1Oc1ccccc1C2=C1CC2CCC(C1)N2Cc1csc2ccccc12. The van der Waals surface area contributed by atoms with E-state index in [4.69, 9.17) is 4.74 Å². The highest BCUT2D eigenvalue weighted by atomic mass is 32.1. The van der Waals surface area contributed by atoms with Gasteiger partial charge in [-0.15, -0.1) is 11.3 Å². The number of nitrogens with zero attached hydrogens (tertiary/aromatic N) is 1. The molecule has 3 aliphatic heterocycles. The fourth-order valence-corrected chi connectivity index (χ4v) is 7.10. The monoisotopic (exact) mass is 451 g/mol. The van der Waals surface area contributed by atoms with Crippen molar-refractivity contribution in [1.82, 2.24) is 4.90 Å². The van der Waals surface area contributed by atoms with E-state index in [9.17, 15) is 5.11 Å². The lowest BCUT2D eigenvalue weighted by atomic mass is 9.83. The molecule has 0 radical (unpaired) electrons. The number of phenolic OH excluding ortho intramolecular Hbond substituents is 1. The summed E-state index contributed by atoms with van der Waals surface area (Å²) in [5.41, 5.74) is 6.44. The predicted octanol–water partition coefficient (Wildman–Crippen LogP) is 7.34. The second-order valence-corrected chi connectivity index (χ2v) is 10.4. The standard InChI is InChI=1S/C29H25NO2S/c31-25-9-5-8-24-28(23-7-1-3-10-26(23)32-29(24)25)18-14-20-12-13-21(15-18)30(20)16-19-17-33-27-11-4-2-6-22(19)27/h1-11,17,20-21,31H,12-16H2. The molecule has 0 saturated carbocycles. The number of hydrogen-bond donors (Lipinski definition) is 1. The number of ether oxygens (including phenoxy) is 1. The summed E-state index contributed by atoms with van der Waals surface area (Å²) >= 11 is 1.86. The number of phenols is 1. The number of thiophene rings is 1. The molecule has 4 heterocycles. The molecule has 4 aromatic rings. The van der Waals surface area contributed by atoms with E-state index < -0.39 is 0 Å². The van der Waals surface area contributed by atoms with Crippen LogP contribution in [0.4, 0.5) is 0 Å². The molecule has 164 valence electrons. The first kappa shape index (κ1) is 19.4. The van der Waals surface area contributed by atoms with Crippen LogP contribution in [0.25, 0.3) is 15.7 Å². The number of rotatable bonds is 2.